The van der Waals surface area contributed by atoms with Gasteiger partial charge >= 0.3 is 5.97 Å². The minimum atomic E-state index is -1.11. The normalized spacial score (nSPS) is 12.2. The van der Waals surface area contributed by atoms with Crippen molar-refractivity contribution in [3.63, 3.8) is 0 Å². The number of halogens is 1. The number of aliphatic hydroxyl groups is 1. The molecule has 0 aliphatic rings. The van der Waals surface area contributed by atoms with Gasteiger partial charge in [-0.3, -0.25) is 0 Å². The maximum atomic E-state index is 12.6. The first-order chi connectivity index (χ1) is 7.63. The van der Waals surface area contributed by atoms with E-state index in [9.17, 15) is 14.3 Å². The fourth-order valence-corrected chi connectivity index (χ4v) is 1.31. The van der Waals surface area contributed by atoms with E-state index in [1.807, 2.05) is 0 Å². The molecule has 1 aromatic rings. The Hall–Kier alpha value is -1.42. The molecule has 0 aromatic heterocycles. The van der Waals surface area contributed by atoms with E-state index in [0.717, 1.165) is 5.56 Å². The summed E-state index contributed by atoms with van der Waals surface area (Å²) in [6.07, 6.45) is -0.310. The summed E-state index contributed by atoms with van der Waals surface area (Å²) in [5.74, 6) is -0.903. The Labute approximate surface area is 93.9 Å². The van der Waals surface area contributed by atoms with E-state index in [2.05, 4.69) is 4.74 Å². The summed E-state index contributed by atoms with van der Waals surface area (Å²) in [5.41, 5.74) is 0.879. The maximum Gasteiger partial charge on any atom is 0.334 e. The Morgan fingerprint density at radius 2 is 2.06 bits per heavy atom. The number of benzene rings is 1. The van der Waals surface area contributed by atoms with Crippen molar-refractivity contribution in [1.82, 2.24) is 0 Å². The fourth-order valence-electron chi connectivity index (χ4n) is 1.31. The van der Waals surface area contributed by atoms with Crippen LogP contribution < -0.4 is 0 Å². The minimum Gasteiger partial charge on any atom is -0.464 e. The molecule has 0 saturated carbocycles. The summed E-state index contributed by atoms with van der Waals surface area (Å²) < 4.78 is 17.3. The van der Waals surface area contributed by atoms with E-state index < -0.39 is 12.1 Å². The predicted molar refractivity (Wildman–Crippen MR) is 57.4 cm³/mol. The van der Waals surface area contributed by atoms with Crippen LogP contribution in [0.15, 0.2) is 24.3 Å². The van der Waals surface area contributed by atoms with E-state index in [1.54, 1.807) is 19.1 Å². The quantitative estimate of drug-likeness (QED) is 0.777. The number of carbonyl (C=O) groups excluding carboxylic acids is 1. The summed E-state index contributed by atoms with van der Waals surface area (Å²) in [4.78, 5) is 11.1. The van der Waals surface area contributed by atoms with Crippen LogP contribution in [0.3, 0.4) is 0 Å². The molecule has 88 valence electrons. The van der Waals surface area contributed by atoms with E-state index in [-0.39, 0.29) is 18.8 Å². The number of hydrogen-bond acceptors (Lipinski definition) is 3. The second kappa shape index (κ2) is 6.23. The van der Waals surface area contributed by atoms with Crippen molar-refractivity contribution in [3.8, 4) is 0 Å². The first-order valence-electron chi connectivity index (χ1n) is 5.22. The molecule has 1 aromatic carbocycles. The van der Waals surface area contributed by atoms with Gasteiger partial charge in [0, 0.05) is 0 Å². The van der Waals surface area contributed by atoms with Crippen LogP contribution in [-0.4, -0.2) is 23.8 Å². The van der Waals surface area contributed by atoms with Gasteiger partial charge in [0.25, 0.3) is 0 Å². The van der Waals surface area contributed by atoms with Crippen LogP contribution in [0.1, 0.15) is 18.9 Å². The van der Waals surface area contributed by atoms with Gasteiger partial charge in [-0.05, 0) is 37.5 Å². The van der Waals surface area contributed by atoms with Crippen LogP contribution in [0, 0.1) is 5.82 Å². The van der Waals surface area contributed by atoms with E-state index in [1.165, 1.54) is 12.1 Å². The lowest BCUT2D eigenvalue weighted by Gasteiger charge is -2.09. The van der Waals surface area contributed by atoms with Crippen molar-refractivity contribution in [2.75, 3.05) is 6.61 Å². The van der Waals surface area contributed by atoms with Gasteiger partial charge in [-0.1, -0.05) is 12.1 Å². The van der Waals surface area contributed by atoms with Gasteiger partial charge in [-0.15, -0.1) is 0 Å². The van der Waals surface area contributed by atoms with Crippen LogP contribution >= 0.6 is 0 Å². The second-order valence-electron chi connectivity index (χ2n) is 3.43. The summed E-state index contributed by atoms with van der Waals surface area (Å²) in [5, 5.41) is 9.42. The number of aryl methyl sites for hydroxylation is 1. The van der Waals surface area contributed by atoms with Gasteiger partial charge in [0.2, 0.25) is 0 Å². The van der Waals surface area contributed by atoms with Crippen molar-refractivity contribution in [1.29, 1.82) is 0 Å². The van der Waals surface area contributed by atoms with Crippen LogP contribution in [0.4, 0.5) is 4.39 Å². The molecule has 0 aliphatic carbocycles. The molecule has 0 saturated heterocycles. The summed E-state index contributed by atoms with van der Waals surface area (Å²) in [6.45, 7) is 1.94. The number of esters is 1. The zero-order chi connectivity index (χ0) is 12.0. The van der Waals surface area contributed by atoms with Crippen LogP contribution in [0.5, 0.6) is 0 Å². The standard InChI is InChI=1S/C12H15FO3/c1-2-16-12(15)11(14)8-5-9-3-6-10(13)7-4-9/h3-4,6-7,11,14H,2,5,8H2,1H3/t11-/m1/s1. The molecule has 0 aliphatic heterocycles. The first-order valence-corrected chi connectivity index (χ1v) is 5.22. The van der Waals surface area contributed by atoms with Crippen molar-refractivity contribution >= 4 is 5.97 Å². The molecule has 0 unspecified atom stereocenters. The van der Waals surface area contributed by atoms with Crippen LogP contribution in [0.25, 0.3) is 0 Å². The van der Waals surface area contributed by atoms with Gasteiger partial charge < -0.3 is 9.84 Å². The number of ether oxygens (including phenoxy) is 1. The predicted octanol–water partition coefficient (Wildman–Crippen LogP) is 1.68. The molecule has 0 bridgehead atoms. The highest BCUT2D eigenvalue weighted by molar-refractivity contribution is 5.74. The Morgan fingerprint density at radius 3 is 2.62 bits per heavy atom. The number of carbonyl (C=O) groups is 1. The van der Waals surface area contributed by atoms with E-state index in [0.29, 0.717) is 6.42 Å². The van der Waals surface area contributed by atoms with Gasteiger partial charge in [-0.25, -0.2) is 9.18 Å². The van der Waals surface area contributed by atoms with Crippen LogP contribution in [0.2, 0.25) is 0 Å². The lowest BCUT2D eigenvalue weighted by molar-refractivity contribution is -0.153. The molecule has 3 nitrogen and oxygen atoms in total. The van der Waals surface area contributed by atoms with Crippen molar-refractivity contribution < 1.29 is 19.0 Å². The Bertz CT molecular complexity index is 335. The molecule has 0 spiro atoms. The Morgan fingerprint density at radius 1 is 1.44 bits per heavy atom. The SMILES string of the molecule is CCOC(=O)[C@H](O)CCc1ccc(F)cc1. The number of hydrogen-bond donors (Lipinski definition) is 1. The molecule has 1 N–H and O–H groups in total. The summed E-state index contributed by atoms with van der Waals surface area (Å²) in [6, 6.07) is 5.97. The minimum absolute atomic E-state index is 0.256. The second-order valence-corrected chi connectivity index (χ2v) is 3.43. The molecule has 0 heterocycles. The number of aliphatic hydroxyl groups excluding tert-OH is 1. The molecule has 1 rings (SSSR count). The molecular weight excluding hydrogens is 211 g/mol. The highest BCUT2D eigenvalue weighted by atomic mass is 19.1. The van der Waals surface area contributed by atoms with Crippen molar-refractivity contribution in [3.05, 3.63) is 35.6 Å². The third-order valence-corrected chi connectivity index (χ3v) is 2.18. The average molecular weight is 226 g/mol. The first kappa shape index (κ1) is 12.6. The lowest BCUT2D eigenvalue weighted by Crippen LogP contribution is -2.23. The lowest BCUT2D eigenvalue weighted by atomic mass is 10.1. The largest absolute Gasteiger partial charge is 0.464 e. The molecule has 0 radical (unpaired) electrons. The zero-order valence-electron chi connectivity index (χ0n) is 9.15. The zero-order valence-corrected chi connectivity index (χ0v) is 9.15. The Kier molecular flexibility index (Phi) is 4.92. The average Bonchev–Trinajstić information content (AvgIpc) is 2.28. The van der Waals surface area contributed by atoms with Gasteiger partial charge in [0.15, 0.2) is 6.10 Å². The van der Waals surface area contributed by atoms with Crippen molar-refractivity contribution in [2.45, 2.75) is 25.9 Å². The third-order valence-electron chi connectivity index (χ3n) is 2.18. The smallest absolute Gasteiger partial charge is 0.334 e. The van der Waals surface area contributed by atoms with Crippen LogP contribution in [-0.2, 0) is 16.0 Å². The fraction of sp³-hybridized carbons (Fsp3) is 0.417. The van der Waals surface area contributed by atoms with Crippen molar-refractivity contribution in [2.24, 2.45) is 0 Å². The van der Waals surface area contributed by atoms with E-state index in [4.69, 9.17) is 0 Å². The summed E-state index contributed by atoms with van der Waals surface area (Å²) in [7, 11) is 0. The van der Waals surface area contributed by atoms with Gasteiger partial charge in [-0.2, -0.15) is 0 Å². The topological polar surface area (TPSA) is 46.5 Å². The van der Waals surface area contributed by atoms with Gasteiger partial charge in [0.1, 0.15) is 5.82 Å². The highest BCUT2D eigenvalue weighted by Crippen LogP contribution is 2.07. The highest BCUT2D eigenvalue weighted by Gasteiger charge is 2.15. The molecular formula is C12H15FO3. The molecule has 4 heteroatoms. The monoisotopic (exact) mass is 226 g/mol. The summed E-state index contributed by atoms with van der Waals surface area (Å²) >= 11 is 0. The maximum absolute atomic E-state index is 12.6. The van der Waals surface area contributed by atoms with E-state index >= 15 is 0 Å². The third kappa shape index (κ3) is 3.98. The molecule has 16 heavy (non-hydrogen) atoms. The molecule has 1 atom stereocenters. The number of rotatable bonds is 5. The Balaban J connectivity index is 2.39. The van der Waals surface area contributed by atoms with Gasteiger partial charge in [0.05, 0.1) is 6.61 Å². The molecule has 0 fully saturated rings. The molecule has 0 amide bonds.